The Hall–Kier alpha value is -1.04. The molecule has 1 rings (SSSR count). The summed E-state index contributed by atoms with van der Waals surface area (Å²) in [6, 6.07) is 9.03. The van der Waals surface area contributed by atoms with Crippen LogP contribution in [0, 0.1) is 0 Å². The van der Waals surface area contributed by atoms with E-state index < -0.39 is 0 Å². The Balaban J connectivity index is 2.57. The highest BCUT2D eigenvalue weighted by Crippen LogP contribution is 2.20. The molecular formula is C15H22. The van der Waals surface area contributed by atoms with Gasteiger partial charge in [0.25, 0.3) is 0 Å². The molecule has 0 fully saturated rings. The monoisotopic (exact) mass is 202 g/mol. The van der Waals surface area contributed by atoms with E-state index in [1.165, 1.54) is 11.1 Å². The summed E-state index contributed by atoms with van der Waals surface area (Å²) in [5.41, 5.74) is 2.88. The topological polar surface area (TPSA) is 0 Å². The van der Waals surface area contributed by atoms with E-state index in [-0.39, 0.29) is 0 Å². The van der Waals surface area contributed by atoms with Gasteiger partial charge in [0, 0.05) is 0 Å². The van der Waals surface area contributed by atoms with E-state index in [1.54, 1.807) is 0 Å². The smallest absolute Gasteiger partial charge is 0.0156 e. The van der Waals surface area contributed by atoms with Gasteiger partial charge in [0.05, 0.1) is 0 Å². The fourth-order valence-electron chi connectivity index (χ4n) is 1.68. The van der Waals surface area contributed by atoms with E-state index in [4.69, 9.17) is 0 Å². The average molecular weight is 202 g/mol. The van der Waals surface area contributed by atoms with Gasteiger partial charge < -0.3 is 0 Å². The molecule has 0 radical (unpaired) electrons. The van der Waals surface area contributed by atoms with Crippen LogP contribution in [0.25, 0.3) is 0 Å². The third-order valence-corrected chi connectivity index (χ3v) is 2.85. The molecular weight excluding hydrogens is 180 g/mol. The molecule has 0 saturated heterocycles. The number of hydrogen-bond acceptors (Lipinski definition) is 0. The van der Waals surface area contributed by atoms with Crippen molar-refractivity contribution in [3.8, 4) is 0 Å². The molecule has 0 bridgehead atoms. The van der Waals surface area contributed by atoms with Crippen LogP contribution in [0.1, 0.15) is 50.7 Å². The lowest BCUT2D eigenvalue weighted by Crippen LogP contribution is -1.92. The van der Waals surface area contributed by atoms with E-state index in [0.717, 1.165) is 19.3 Å². The van der Waals surface area contributed by atoms with Gasteiger partial charge in [-0.05, 0) is 36.3 Å². The maximum atomic E-state index is 2.29. The lowest BCUT2D eigenvalue weighted by molar-refractivity contribution is 0.778. The Labute approximate surface area is 94.0 Å². The number of hydrogen-bond donors (Lipinski definition) is 0. The number of rotatable bonds is 5. The van der Waals surface area contributed by atoms with Crippen molar-refractivity contribution in [2.45, 2.75) is 46.0 Å². The second kappa shape index (κ2) is 6.44. The highest BCUT2D eigenvalue weighted by molar-refractivity contribution is 5.25. The second-order valence-corrected chi connectivity index (χ2v) is 4.11. The van der Waals surface area contributed by atoms with Gasteiger partial charge >= 0.3 is 0 Å². The van der Waals surface area contributed by atoms with E-state index in [2.05, 4.69) is 57.2 Å². The van der Waals surface area contributed by atoms with Crippen molar-refractivity contribution in [2.24, 2.45) is 0 Å². The van der Waals surface area contributed by atoms with Crippen molar-refractivity contribution in [2.75, 3.05) is 0 Å². The summed E-state index contributed by atoms with van der Waals surface area (Å²) in [4.78, 5) is 0. The molecule has 1 aromatic rings. The summed E-state index contributed by atoms with van der Waals surface area (Å²) >= 11 is 0. The van der Waals surface area contributed by atoms with Crippen molar-refractivity contribution in [3.05, 3.63) is 47.5 Å². The lowest BCUT2D eigenvalue weighted by atomic mass is 9.96. The standard InChI is InChI=1S/C15H22/c1-4-6-7-8-13(3)15-11-9-14(5-2)10-12-15/h6-7,9-13H,4-5,8H2,1-3H3/b7-6-. The Morgan fingerprint density at radius 2 is 1.73 bits per heavy atom. The molecule has 0 aliphatic rings. The molecule has 0 amide bonds. The molecule has 0 aliphatic carbocycles. The molecule has 0 aromatic heterocycles. The lowest BCUT2D eigenvalue weighted by Gasteiger charge is -2.09. The van der Waals surface area contributed by atoms with Gasteiger partial charge in [-0.2, -0.15) is 0 Å². The van der Waals surface area contributed by atoms with Crippen LogP contribution >= 0.6 is 0 Å². The number of benzene rings is 1. The molecule has 82 valence electrons. The first-order chi connectivity index (χ1) is 7.27. The summed E-state index contributed by atoms with van der Waals surface area (Å²) in [5.74, 6) is 0.638. The maximum Gasteiger partial charge on any atom is -0.0156 e. The summed E-state index contributed by atoms with van der Waals surface area (Å²) < 4.78 is 0. The van der Waals surface area contributed by atoms with Gasteiger partial charge in [0.2, 0.25) is 0 Å². The number of allylic oxidation sites excluding steroid dienone is 2. The molecule has 1 aromatic carbocycles. The number of aryl methyl sites for hydroxylation is 1. The van der Waals surface area contributed by atoms with Crippen LogP contribution in [0.4, 0.5) is 0 Å². The third-order valence-electron chi connectivity index (χ3n) is 2.85. The van der Waals surface area contributed by atoms with Gasteiger partial charge in [-0.25, -0.2) is 0 Å². The Morgan fingerprint density at radius 3 is 2.27 bits per heavy atom. The van der Waals surface area contributed by atoms with E-state index in [1.807, 2.05) is 0 Å². The van der Waals surface area contributed by atoms with Crippen LogP contribution < -0.4 is 0 Å². The molecule has 1 unspecified atom stereocenters. The SMILES string of the molecule is CC/C=C\CC(C)c1ccc(CC)cc1. The van der Waals surface area contributed by atoms with Gasteiger partial charge in [-0.15, -0.1) is 0 Å². The predicted octanol–water partition coefficient (Wildman–Crippen LogP) is 4.71. The predicted molar refractivity (Wildman–Crippen MR) is 68.3 cm³/mol. The molecule has 0 N–H and O–H groups in total. The van der Waals surface area contributed by atoms with E-state index >= 15 is 0 Å². The molecule has 0 spiro atoms. The highest BCUT2D eigenvalue weighted by atomic mass is 14.1. The van der Waals surface area contributed by atoms with Gasteiger partial charge in [0.1, 0.15) is 0 Å². The summed E-state index contributed by atoms with van der Waals surface area (Å²) in [6.07, 6.45) is 7.96. The third kappa shape index (κ3) is 3.91. The molecule has 0 saturated carbocycles. The first-order valence-electron chi connectivity index (χ1n) is 6.01. The highest BCUT2D eigenvalue weighted by Gasteiger charge is 2.02. The molecule has 0 heteroatoms. The largest absolute Gasteiger partial charge is 0.0888 e. The van der Waals surface area contributed by atoms with Crippen LogP contribution in [0.15, 0.2) is 36.4 Å². The Kier molecular flexibility index (Phi) is 5.17. The van der Waals surface area contributed by atoms with E-state index in [9.17, 15) is 0 Å². The van der Waals surface area contributed by atoms with Gasteiger partial charge in [0.15, 0.2) is 0 Å². The first-order valence-corrected chi connectivity index (χ1v) is 6.01. The van der Waals surface area contributed by atoms with Crippen molar-refractivity contribution in [3.63, 3.8) is 0 Å². The Morgan fingerprint density at radius 1 is 1.07 bits per heavy atom. The molecule has 15 heavy (non-hydrogen) atoms. The van der Waals surface area contributed by atoms with Crippen molar-refractivity contribution in [1.29, 1.82) is 0 Å². The van der Waals surface area contributed by atoms with Crippen LogP contribution in [0.5, 0.6) is 0 Å². The van der Waals surface area contributed by atoms with Crippen LogP contribution in [-0.2, 0) is 6.42 Å². The minimum absolute atomic E-state index is 0.638. The zero-order chi connectivity index (χ0) is 11.1. The minimum Gasteiger partial charge on any atom is -0.0888 e. The molecule has 0 nitrogen and oxygen atoms in total. The zero-order valence-corrected chi connectivity index (χ0v) is 10.2. The normalized spacial score (nSPS) is 13.3. The zero-order valence-electron chi connectivity index (χ0n) is 10.2. The Bertz CT molecular complexity index is 292. The van der Waals surface area contributed by atoms with Gasteiger partial charge in [-0.3, -0.25) is 0 Å². The summed E-state index contributed by atoms with van der Waals surface area (Å²) in [5, 5.41) is 0. The quantitative estimate of drug-likeness (QED) is 0.607. The molecule has 0 heterocycles. The van der Waals surface area contributed by atoms with E-state index in [0.29, 0.717) is 5.92 Å². The molecule has 1 atom stereocenters. The fraction of sp³-hybridized carbons (Fsp3) is 0.467. The molecule has 0 aliphatic heterocycles. The average Bonchev–Trinajstić information content (AvgIpc) is 2.29. The van der Waals surface area contributed by atoms with Crippen molar-refractivity contribution < 1.29 is 0 Å². The van der Waals surface area contributed by atoms with Crippen LogP contribution in [0.2, 0.25) is 0 Å². The maximum absolute atomic E-state index is 2.29. The van der Waals surface area contributed by atoms with Gasteiger partial charge in [-0.1, -0.05) is 57.2 Å². The first kappa shape index (κ1) is 12.0. The van der Waals surface area contributed by atoms with Crippen LogP contribution in [0.3, 0.4) is 0 Å². The minimum atomic E-state index is 0.638. The summed E-state index contributed by atoms with van der Waals surface area (Å²) in [6.45, 7) is 6.67. The fourth-order valence-corrected chi connectivity index (χ4v) is 1.68. The van der Waals surface area contributed by atoms with Crippen molar-refractivity contribution >= 4 is 0 Å². The van der Waals surface area contributed by atoms with Crippen LogP contribution in [-0.4, -0.2) is 0 Å². The summed E-state index contributed by atoms with van der Waals surface area (Å²) in [7, 11) is 0. The second-order valence-electron chi connectivity index (χ2n) is 4.11. The van der Waals surface area contributed by atoms with Crippen molar-refractivity contribution in [1.82, 2.24) is 0 Å².